The summed E-state index contributed by atoms with van der Waals surface area (Å²) in [5.74, 6) is -11.4. The second kappa shape index (κ2) is 37.7. The molecule has 1 aromatic heterocycles. The summed E-state index contributed by atoms with van der Waals surface area (Å²) in [6.07, 6.45) is 3.79. The molecule has 16 N–H and O–H groups in total. The van der Waals surface area contributed by atoms with Crippen LogP contribution in [0.15, 0.2) is 97.5 Å². The first kappa shape index (κ1) is 73.4. The number of rotatable bonds is 39. The zero-order valence-electron chi connectivity index (χ0n) is 50.6. The molecule has 4 aromatic rings. The number of benzene rings is 3. The number of primary amides is 1. The average molecular weight is 1290 g/mol. The number of aromatic hydroxyl groups is 1. The van der Waals surface area contributed by atoms with Crippen molar-refractivity contribution in [2.45, 2.75) is 126 Å². The highest BCUT2D eigenvalue weighted by atomic mass is 32.2. The van der Waals surface area contributed by atoms with Crippen molar-refractivity contribution in [2.24, 2.45) is 17.4 Å². The van der Waals surface area contributed by atoms with Gasteiger partial charge in [0.1, 0.15) is 54.1 Å². The predicted molar refractivity (Wildman–Crippen MR) is 335 cm³/mol. The molecule has 0 saturated heterocycles. The smallest absolute Gasteiger partial charge is 0.305 e. The fourth-order valence-electron chi connectivity index (χ4n) is 9.16. The zero-order valence-corrected chi connectivity index (χ0v) is 52.2. The van der Waals surface area contributed by atoms with Gasteiger partial charge in [-0.05, 0) is 78.0 Å². The van der Waals surface area contributed by atoms with E-state index >= 15 is 4.79 Å². The van der Waals surface area contributed by atoms with Crippen molar-refractivity contribution in [1.29, 1.82) is 0 Å². The van der Waals surface area contributed by atoms with Crippen molar-refractivity contribution in [3.63, 3.8) is 0 Å². The van der Waals surface area contributed by atoms with Crippen LogP contribution in [0.25, 0.3) is 0 Å². The summed E-state index contributed by atoms with van der Waals surface area (Å²) in [5, 5.41) is 49.8. The van der Waals surface area contributed by atoms with Crippen LogP contribution >= 0.6 is 23.5 Å². The second-order valence-corrected chi connectivity index (χ2v) is 23.6. The Bertz CT molecular complexity index is 3060. The van der Waals surface area contributed by atoms with Gasteiger partial charge in [0.25, 0.3) is 0 Å². The number of aromatic nitrogens is 2. The van der Waals surface area contributed by atoms with Gasteiger partial charge in [0.15, 0.2) is 0 Å². The fraction of sp³-hybridized carbons (Fsp3) is 0.450. The van der Waals surface area contributed by atoms with Gasteiger partial charge in [-0.25, -0.2) is 4.98 Å². The number of likely N-dealkylation sites (N-methyl/N-ethyl adjacent to an activating group) is 1. The lowest BCUT2D eigenvalue weighted by atomic mass is 9.99. The number of nitrogens with two attached hydrogens (primary N) is 2. The van der Waals surface area contributed by atoms with Crippen molar-refractivity contribution in [2.75, 3.05) is 37.6 Å². The van der Waals surface area contributed by atoms with Gasteiger partial charge in [0, 0.05) is 44.6 Å². The number of hydrogen-bond donors (Lipinski definition) is 14. The molecular weight excluding hydrogens is 1210 g/mol. The normalized spacial score (nSPS) is 14.0. The molecule has 0 spiro atoms. The van der Waals surface area contributed by atoms with Gasteiger partial charge in [-0.3, -0.25) is 57.5 Å². The van der Waals surface area contributed by atoms with Crippen LogP contribution < -0.4 is 54.0 Å². The number of H-pyrrole nitrogens is 1. The number of aliphatic carboxylic acids is 2. The molecule has 1 heterocycles. The SMILES string of the molecule is CSCC[C@H](NC(=O)[C@H](CC(C)C)NC(=O)CNC(=O)[C@H](Cc1ccccc1)N(C)C(=O)[C@H](Cc1ccccc1)NC(=O)[C@H](Cc1ccc(O)cc1)NC(=O)[C@H](CC(=O)O)NC(=O)[C@H](Cc1cnc[nH]1)NC(=O)[C@H](CCSC)NC(=O)[C@@H](N)CC(=O)O)C(N)=O. The molecule has 488 valence electrons. The topological polar surface area (TPSA) is 446 Å². The van der Waals surface area contributed by atoms with Crippen LogP contribution in [0.4, 0.5) is 0 Å². The fourth-order valence-corrected chi connectivity index (χ4v) is 10.1. The Hall–Kier alpha value is -9.03. The largest absolute Gasteiger partial charge is 0.508 e. The lowest BCUT2D eigenvalue weighted by Crippen LogP contribution is -2.61. The van der Waals surface area contributed by atoms with E-state index in [1.165, 1.54) is 67.4 Å². The third-order valence-corrected chi connectivity index (χ3v) is 15.2. The molecule has 0 aliphatic rings. The molecule has 9 atom stereocenters. The van der Waals surface area contributed by atoms with Crippen LogP contribution in [-0.4, -0.2) is 193 Å². The van der Waals surface area contributed by atoms with Gasteiger partial charge in [-0.15, -0.1) is 0 Å². The summed E-state index contributed by atoms with van der Waals surface area (Å²) < 4.78 is 0. The molecule has 0 aliphatic heterocycles. The van der Waals surface area contributed by atoms with Crippen molar-refractivity contribution < 1.29 is 72.9 Å². The maximum atomic E-state index is 15.1. The number of nitrogens with zero attached hydrogens (tertiary/aromatic N) is 2. The Balaban J connectivity index is 1.67. The number of phenols is 1. The molecule has 0 aliphatic carbocycles. The van der Waals surface area contributed by atoms with Crippen LogP contribution in [0.5, 0.6) is 5.75 Å². The number of hydrogen-bond acceptors (Lipinski definition) is 17. The van der Waals surface area contributed by atoms with Crippen molar-refractivity contribution >= 4 is 94.5 Å². The van der Waals surface area contributed by atoms with Crippen molar-refractivity contribution in [1.82, 2.24) is 57.4 Å². The molecule has 10 amide bonds. The van der Waals surface area contributed by atoms with E-state index in [0.717, 1.165) is 4.90 Å². The Labute approximate surface area is 529 Å². The zero-order chi connectivity index (χ0) is 66.5. The van der Waals surface area contributed by atoms with E-state index in [1.807, 2.05) is 20.1 Å². The maximum Gasteiger partial charge on any atom is 0.305 e. The molecule has 0 fully saturated rings. The number of aromatic amines is 1. The predicted octanol–water partition coefficient (Wildman–Crippen LogP) is -0.963. The number of carbonyl (C=O) groups is 12. The molecule has 0 unspecified atom stereocenters. The highest BCUT2D eigenvalue weighted by Crippen LogP contribution is 2.17. The number of carboxylic acid groups (broad SMARTS) is 2. The Morgan fingerprint density at radius 3 is 1.56 bits per heavy atom. The molecule has 30 heteroatoms. The molecule has 0 radical (unpaired) electrons. The number of nitrogens with one attached hydrogen (secondary N) is 9. The highest BCUT2D eigenvalue weighted by molar-refractivity contribution is 7.98. The number of phenolic OH excluding ortho intramolecular Hbond substituents is 1. The molecule has 0 bridgehead atoms. The van der Waals surface area contributed by atoms with E-state index in [0.29, 0.717) is 33.9 Å². The van der Waals surface area contributed by atoms with E-state index in [2.05, 4.69) is 52.5 Å². The third kappa shape index (κ3) is 25.6. The number of amides is 10. The molecule has 4 rings (SSSR count). The van der Waals surface area contributed by atoms with Gasteiger partial charge in [-0.2, -0.15) is 23.5 Å². The summed E-state index contributed by atoms with van der Waals surface area (Å²) in [6, 6.07) is 9.47. The maximum absolute atomic E-state index is 15.1. The summed E-state index contributed by atoms with van der Waals surface area (Å²) in [6.45, 7) is 3.00. The monoisotopic (exact) mass is 1290 g/mol. The van der Waals surface area contributed by atoms with E-state index in [1.54, 1.807) is 66.9 Å². The minimum atomic E-state index is -1.96. The van der Waals surface area contributed by atoms with Gasteiger partial charge < -0.3 is 79.2 Å². The first-order chi connectivity index (χ1) is 42.8. The van der Waals surface area contributed by atoms with Gasteiger partial charge in [-0.1, -0.05) is 86.6 Å². The summed E-state index contributed by atoms with van der Waals surface area (Å²) in [4.78, 5) is 171. The van der Waals surface area contributed by atoms with Crippen molar-refractivity contribution in [3.05, 3.63) is 120 Å². The van der Waals surface area contributed by atoms with Gasteiger partial charge in [0.05, 0.1) is 31.8 Å². The van der Waals surface area contributed by atoms with Crippen LogP contribution in [0.1, 0.15) is 68.3 Å². The molecule has 3 aromatic carbocycles. The average Bonchev–Trinajstić information content (AvgIpc) is 1.10. The third-order valence-electron chi connectivity index (χ3n) is 13.9. The van der Waals surface area contributed by atoms with Gasteiger partial charge >= 0.3 is 11.9 Å². The highest BCUT2D eigenvalue weighted by Gasteiger charge is 2.37. The standard InChI is InChI=1S/C60H81N13O15S2/c1-34(2)24-43(55(83)67-41(52(62)80)20-22-89-4)66-49(75)32-64-59(87)48(27-36-14-10-7-11-15-36)73(3)60(88)47(26-35-12-8-6-9-13-35)72-56(84)44(25-37-16-18-39(74)19-17-37)69-58(86)46(30-51(78)79)71-57(85)45(28-38-31-63-33-65-38)70-54(82)42(21-23-90-5)68-53(81)40(61)29-50(76)77/h6-19,31,33-34,40-48,74H,20-30,32,61H2,1-5H3,(H2,62,80)(H,63,65)(H,64,87)(H,66,75)(H,67,83)(H,68,81)(H,69,86)(H,70,82)(H,71,85)(H,72,84)(H,76,77)(H,78,79)/t40-,41-,42-,43-,44-,45-,46-,47-,48-/m0/s1. The molecule has 28 nitrogen and oxygen atoms in total. The van der Waals surface area contributed by atoms with E-state index in [9.17, 15) is 68.1 Å². The number of imidazole rings is 1. The Morgan fingerprint density at radius 1 is 0.556 bits per heavy atom. The summed E-state index contributed by atoms with van der Waals surface area (Å²) in [7, 11) is 1.32. The number of carbonyl (C=O) groups excluding carboxylic acids is 10. The first-order valence-electron chi connectivity index (χ1n) is 28.7. The van der Waals surface area contributed by atoms with E-state index in [4.69, 9.17) is 11.5 Å². The van der Waals surface area contributed by atoms with E-state index < -0.39 is 145 Å². The Kier molecular flexibility index (Phi) is 30.8. The minimum Gasteiger partial charge on any atom is -0.508 e. The van der Waals surface area contributed by atoms with Crippen LogP contribution in [-0.2, 0) is 83.2 Å². The van der Waals surface area contributed by atoms with Crippen LogP contribution in [0.3, 0.4) is 0 Å². The second-order valence-electron chi connectivity index (χ2n) is 21.6. The first-order valence-corrected chi connectivity index (χ1v) is 31.5. The lowest BCUT2D eigenvalue weighted by molar-refractivity contribution is -0.143. The van der Waals surface area contributed by atoms with Gasteiger partial charge in [0.2, 0.25) is 59.1 Å². The Morgan fingerprint density at radius 2 is 1.02 bits per heavy atom. The molecular formula is C60H81N13O15S2. The van der Waals surface area contributed by atoms with Crippen LogP contribution in [0.2, 0.25) is 0 Å². The summed E-state index contributed by atoms with van der Waals surface area (Å²) in [5.41, 5.74) is 13.1. The summed E-state index contributed by atoms with van der Waals surface area (Å²) >= 11 is 2.76. The number of thioether (sulfide) groups is 2. The quantitative estimate of drug-likeness (QED) is 0.0256. The minimum absolute atomic E-state index is 0.00563. The lowest BCUT2D eigenvalue weighted by Gasteiger charge is -2.32. The van der Waals surface area contributed by atoms with E-state index in [-0.39, 0.29) is 56.6 Å². The molecule has 90 heavy (non-hydrogen) atoms. The van der Waals surface area contributed by atoms with Crippen molar-refractivity contribution in [3.8, 4) is 5.75 Å². The van der Waals surface area contributed by atoms with Crippen LogP contribution in [0, 0.1) is 5.92 Å². The molecule has 0 saturated carbocycles. The number of carboxylic acids is 2.